The fourth-order valence-electron chi connectivity index (χ4n) is 3.00. The SMILES string of the molecule is FC(F)(F)Oc1ccc(C2(Oc3ccc4cccc(Cl)c4n3)CNC2)cc1. The molecule has 0 bridgehead atoms. The molecule has 0 atom stereocenters. The molecule has 0 radical (unpaired) electrons. The van der Waals surface area contributed by atoms with Gasteiger partial charge < -0.3 is 14.8 Å². The van der Waals surface area contributed by atoms with Crippen molar-refractivity contribution in [3.8, 4) is 11.6 Å². The zero-order chi connectivity index (χ0) is 19.1. The first-order valence-corrected chi connectivity index (χ1v) is 8.54. The maximum Gasteiger partial charge on any atom is 0.573 e. The van der Waals surface area contributed by atoms with Crippen molar-refractivity contribution in [2.75, 3.05) is 13.1 Å². The number of nitrogens with zero attached hydrogens (tertiary/aromatic N) is 1. The van der Waals surface area contributed by atoms with E-state index in [0.717, 1.165) is 10.9 Å². The molecule has 2 heterocycles. The van der Waals surface area contributed by atoms with Gasteiger partial charge in [-0.3, -0.25) is 0 Å². The predicted octanol–water partition coefficient (Wildman–Crippen LogP) is 4.66. The van der Waals surface area contributed by atoms with Crippen molar-refractivity contribution in [1.82, 2.24) is 10.3 Å². The summed E-state index contributed by atoms with van der Waals surface area (Å²) < 4.78 is 47.0. The molecule has 27 heavy (non-hydrogen) atoms. The maximum absolute atomic E-state index is 12.3. The monoisotopic (exact) mass is 394 g/mol. The smallest absolute Gasteiger partial charge is 0.463 e. The Balaban J connectivity index is 1.60. The number of pyridine rings is 1. The fourth-order valence-corrected chi connectivity index (χ4v) is 3.22. The molecule has 3 aromatic rings. The summed E-state index contributed by atoms with van der Waals surface area (Å²) in [4.78, 5) is 4.48. The van der Waals surface area contributed by atoms with Crippen molar-refractivity contribution in [3.63, 3.8) is 0 Å². The number of fused-ring (bicyclic) bond motifs is 1. The first-order chi connectivity index (χ1) is 12.8. The number of rotatable bonds is 4. The van der Waals surface area contributed by atoms with Gasteiger partial charge in [-0.15, -0.1) is 13.2 Å². The van der Waals surface area contributed by atoms with E-state index >= 15 is 0 Å². The lowest BCUT2D eigenvalue weighted by Gasteiger charge is -2.42. The van der Waals surface area contributed by atoms with Crippen LogP contribution in [0, 0.1) is 0 Å². The first-order valence-electron chi connectivity index (χ1n) is 8.16. The summed E-state index contributed by atoms with van der Waals surface area (Å²) in [6.45, 7) is 1.02. The third kappa shape index (κ3) is 3.65. The highest BCUT2D eigenvalue weighted by atomic mass is 35.5. The van der Waals surface area contributed by atoms with E-state index < -0.39 is 12.0 Å². The van der Waals surface area contributed by atoms with E-state index in [2.05, 4.69) is 15.0 Å². The number of halogens is 4. The minimum Gasteiger partial charge on any atom is -0.463 e. The topological polar surface area (TPSA) is 43.4 Å². The van der Waals surface area contributed by atoms with Crippen LogP contribution in [-0.2, 0) is 5.60 Å². The number of hydrogen-bond acceptors (Lipinski definition) is 4. The normalized spacial score (nSPS) is 16.0. The van der Waals surface area contributed by atoms with Crippen LogP contribution < -0.4 is 14.8 Å². The fraction of sp³-hybridized carbons (Fsp3) is 0.211. The summed E-state index contributed by atoms with van der Waals surface area (Å²) in [5.74, 6) is 0.122. The summed E-state index contributed by atoms with van der Waals surface area (Å²) in [6.07, 6.45) is -4.72. The Bertz CT molecular complexity index is 973. The molecule has 4 rings (SSSR count). The molecule has 1 aliphatic heterocycles. The molecule has 8 heteroatoms. The predicted molar refractivity (Wildman–Crippen MR) is 95.1 cm³/mol. The van der Waals surface area contributed by atoms with Gasteiger partial charge in [-0.1, -0.05) is 35.9 Å². The molecule has 0 saturated carbocycles. The van der Waals surface area contributed by atoms with Gasteiger partial charge in [0, 0.05) is 24.5 Å². The number of benzene rings is 2. The van der Waals surface area contributed by atoms with E-state index in [4.69, 9.17) is 16.3 Å². The molecule has 1 saturated heterocycles. The minimum absolute atomic E-state index is 0.274. The van der Waals surface area contributed by atoms with E-state index in [1.165, 1.54) is 12.1 Å². The number of hydrogen-bond donors (Lipinski definition) is 1. The highest BCUT2D eigenvalue weighted by Gasteiger charge is 2.42. The van der Waals surface area contributed by atoms with Gasteiger partial charge in [0.2, 0.25) is 5.88 Å². The van der Waals surface area contributed by atoms with Crippen LogP contribution >= 0.6 is 11.6 Å². The van der Waals surface area contributed by atoms with Crippen LogP contribution in [0.4, 0.5) is 13.2 Å². The Morgan fingerprint density at radius 2 is 1.74 bits per heavy atom. The quantitative estimate of drug-likeness (QED) is 0.698. The Labute approximate surface area is 157 Å². The largest absolute Gasteiger partial charge is 0.573 e. The molecule has 4 nitrogen and oxygen atoms in total. The van der Waals surface area contributed by atoms with Gasteiger partial charge in [0.25, 0.3) is 0 Å². The molecule has 2 aromatic carbocycles. The third-order valence-electron chi connectivity index (χ3n) is 4.38. The van der Waals surface area contributed by atoms with Gasteiger partial charge in [-0.05, 0) is 29.8 Å². The van der Waals surface area contributed by atoms with Crippen molar-refractivity contribution in [2.45, 2.75) is 12.0 Å². The van der Waals surface area contributed by atoms with Gasteiger partial charge >= 0.3 is 6.36 Å². The average Bonchev–Trinajstić information content (AvgIpc) is 2.58. The van der Waals surface area contributed by atoms with Gasteiger partial charge in [0.05, 0.1) is 10.5 Å². The van der Waals surface area contributed by atoms with E-state index in [1.807, 2.05) is 18.2 Å². The molecular formula is C19H14ClF3N2O2. The third-order valence-corrected chi connectivity index (χ3v) is 4.69. The molecule has 1 N–H and O–H groups in total. The Kier molecular flexibility index (Phi) is 4.36. The van der Waals surface area contributed by atoms with Crippen LogP contribution in [-0.4, -0.2) is 24.4 Å². The summed E-state index contributed by atoms with van der Waals surface area (Å²) in [5, 5.41) is 4.55. The standard InChI is InChI=1S/C19H14ClF3N2O2/c20-15-3-1-2-12-4-9-16(25-17(12)15)27-18(10-24-11-18)13-5-7-14(8-6-13)26-19(21,22)23/h1-9,24H,10-11H2. The second-order valence-corrected chi connectivity index (χ2v) is 6.64. The zero-order valence-corrected chi connectivity index (χ0v) is 14.6. The Hall–Kier alpha value is -2.51. The van der Waals surface area contributed by atoms with Gasteiger partial charge in [-0.25, -0.2) is 4.98 Å². The molecule has 0 spiro atoms. The van der Waals surface area contributed by atoms with Crippen molar-refractivity contribution >= 4 is 22.5 Å². The van der Waals surface area contributed by atoms with Crippen molar-refractivity contribution < 1.29 is 22.6 Å². The summed E-state index contributed by atoms with van der Waals surface area (Å²) in [5.41, 5.74) is 0.656. The molecule has 1 aliphatic rings. The van der Waals surface area contributed by atoms with Crippen molar-refractivity contribution in [1.29, 1.82) is 0 Å². The molecular weight excluding hydrogens is 381 g/mol. The molecule has 0 unspecified atom stereocenters. The van der Waals surface area contributed by atoms with Crippen LogP contribution in [0.15, 0.2) is 54.6 Å². The number of para-hydroxylation sites is 1. The summed E-state index contributed by atoms with van der Waals surface area (Å²) in [6, 6.07) is 14.8. The van der Waals surface area contributed by atoms with E-state index in [0.29, 0.717) is 29.5 Å². The number of nitrogens with one attached hydrogen (secondary N) is 1. The Morgan fingerprint density at radius 3 is 2.37 bits per heavy atom. The lowest BCUT2D eigenvalue weighted by atomic mass is 9.88. The zero-order valence-electron chi connectivity index (χ0n) is 13.9. The van der Waals surface area contributed by atoms with E-state index in [9.17, 15) is 13.2 Å². The summed E-state index contributed by atoms with van der Waals surface area (Å²) >= 11 is 6.20. The van der Waals surface area contributed by atoms with Crippen LogP contribution in [0.5, 0.6) is 11.6 Å². The maximum atomic E-state index is 12.3. The Morgan fingerprint density at radius 1 is 1.00 bits per heavy atom. The first kappa shape index (κ1) is 17.9. The van der Waals surface area contributed by atoms with Gasteiger partial charge in [-0.2, -0.15) is 0 Å². The van der Waals surface area contributed by atoms with E-state index in [1.54, 1.807) is 24.3 Å². The number of aromatic nitrogens is 1. The van der Waals surface area contributed by atoms with Gasteiger partial charge in [0.1, 0.15) is 5.75 Å². The minimum atomic E-state index is -4.72. The summed E-state index contributed by atoms with van der Waals surface area (Å²) in [7, 11) is 0. The van der Waals surface area contributed by atoms with E-state index in [-0.39, 0.29) is 5.75 Å². The lowest BCUT2D eigenvalue weighted by molar-refractivity contribution is -0.274. The second kappa shape index (κ2) is 6.58. The van der Waals surface area contributed by atoms with Gasteiger partial charge in [0.15, 0.2) is 5.60 Å². The van der Waals surface area contributed by atoms with Crippen LogP contribution in [0.3, 0.4) is 0 Å². The highest BCUT2D eigenvalue weighted by molar-refractivity contribution is 6.35. The van der Waals surface area contributed by atoms with Crippen molar-refractivity contribution in [2.24, 2.45) is 0 Å². The van der Waals surface area contributed by atoms with Crippen LogP contribution in [0.2, 0.25) is 5.02 Å². The molecule has 0 amide bonds. The van der Waals surface area contributed by atoms with Crippen LogP contribution in [0.25, 0.3) is 10.9 Å². The highest BCUT2D eigenvalue weighted by Crippen LogP contribution is 2.34. The van der Waals surface area contributed by atoms with Crippen LogP contribution in [0.1, 0.15) is 5.56 Å². The molecule has 1 aromatic heterocycles. The average molecular weight is 395 g/mol. The second-order valence-electron chi connectivity index (χ2n) is 6.23. The molecule has 140 valence electrons. The molecule has 0 aliphatic carbocycles. The lowest BCUT2D eigenvalue weighted by Crippen LogP contribution is -2.60. The number of alkyl halides is 3. The molecule has 1 fully saturated rings. The number of ether oxygens (including phenoxy) is 2. The van der Waals surface area contributed by atoms with Crippen molar-refractivity contribution in [3.05, 3.63) is 65.2 Å².